The number of aromatic nitrogens is 2. The summed E-state index contributed by atoms with van der Waals surface area (Å²) >= 11 is 0. The molecule has 33 heavy (non-hydrogen) atoms. The van der Waals surface area contributed by atoms with E-state index >= 15 is 0 Å². The molecule has 2 aliphatic carbocycles. The maximum atomic E-state index is 4.98. The number of rotatable bonds is 0. The van der Waals surface area contributed by atoms with Crippen LogP contribution in [0.2, 0.25) is 0 Å². The number of hydrogen-bond donors (Lipinski definition) is 0. The third kappa shape index (κ3) is 2.07. The topological polar surface area (TPSA) is 17.3 Å². The summed E-state index contributed by atoms with van der Waals surface area (Å²) in [5.74, 6) is 0. The first-order chi connectivity index (χ1) is 16.2. The second-order valence-corrected chi connectivity index (χ2v) is 9.63. The van der Waals surface area contributed by atoms with E-state index in [4.69, 9.17) is 4.98 Å². The van der Waals surface area contributed by atoms with Gasteiger partial charge in [-0.25, -0.2) is 4.98 Å². The van der Waals surface area contributed by atoms with Crippen LogP contribution in [0.1, 0.15) is 33.6 Å². The van der Waals surface area contributed by atoms with E-state index in [1.807, 2.05) is 0 Å². The summed E-state index contributed by atoms with van der Waals surface area (Å²) in [6.07, 6.45) is 2.04. The molecule has 0 saturated heterocycles. The SMILES string of the molecule is Cc1nc2c3ccccc3c3c4c(ccc3n2c1C)Cc1ccc2c(c1-4)-c1ccccc1C2. The van der Waals surface area contributed by atoms with Gasteiger partial charge < -0.3 is 0 Å². The molecular weight excluding hydrogens is 400 g/mol. The molecule has 0 amide bonds. The smallest absolute Gasteiger partial charge is 0.145 e. The van der Waals surface area contributed by atoms with Crippen LogP contribution in [0.25, 0.3) is 49.6 Å². The van der Waals surface area contributed by atoms with Crippen LogP contribution < -0.4 is 0 Å². The summed E-state index contributed by atoms with van der Waals surface area (Å²) in [5, 5.41) is 3.90. The molecule has 0 aliphatic heterocycles. The van der Waals surface area contributed by atoms with E-state index in [9.17, 15) is 0 Å². The lowest BCUT2D eigenvalue weighted by Crippen LogP contribution is -1.96. The van der Waals surface area contributed by atoms with Gasteiger partial charge in [0.05, 0.1) is 11.2 Å². The van der Waals surface area contributed by atoms with Crippen LogP contribution in [-0.2, 0) is 12.8 Å². The zero-order valence-corrected chi connectivity index (χ0v) is 18.7. The predicted octanol–water partition coefficient (Wildman–Crippen LogP) is 7.40. The highest BCUT2D eigenvalue weighted by molar-refractivity contribution is 6.20. The van der Waals surface area contributed by atoms with Crippen molar-refractivity contribution in [2.75, 3.05) is 0 Å². The second kappa shape index (κ2) is 5.90. The van der Waals surface area contributed by atoms with Gasteiger partial charge in [0.1, 0.15) is 5.65 Å². The highest BCUT2D eigenvalue weighted by Crippen LogP contribution is 2.52. The number of imidazole rings is 1. The molecule has 8 rings (SSSR count). The average molecular weight is 423 g/mol. The number of nitrogens with zero attached hydrogens (tertiary/aromatic N) is 2. The molecule has 2 aliphatic rings. The Morgan fingerprint density at radius 1 is 0.636 bits per heavy atom. The third-order valence-electron chi connectivity index (χ3n) is 7.97. The maximum Gasteiger partial charge on any atom is 0.145 e. The van der Waals surface area contributed by atoms with E-state index in [1.165, 1.54) is 71.9 Å². The molecule has 0 saturated carbocycles. The predicted molar refractivity (Wildman–Crippen MR) is 136 cm³/mol. The standard InChI is InChI=1S/C31H22N2/c1-17-18(2)33-26-14-13-22-16-21-12-11-20-15-19-7-3-4-8-23(19)27(20)28(21)29(22)30(26)24-9-5-6-10-25(24)31(33)32-17/h3-14H,15-16H2,1-2H3. The summed E-state index contributed by atoms with van der Waals surface area (Å²) in [6.45, 7) is 4.31. The van der Waals surface area contributed by atoms with Gasteiger partial charge in [-0.15, -0.1) is 0 Å². The lowest BCUT2D eigenvalue weighted by molar-refractivity contribution is 1.14. The summed E-state index contributed by atoms with van der Waals surface area (Å²) in [7, 11) is 0. The Morgan fingerprint density at radius 3 is 2.18 bits per heavy atom. The summed E-state index contributed by atoms with van der Waals surface area (Å²) in [4.78, 5) is 4.98. The molecule has 0 spiro atoms. The zero-order chi connectivity index (χ0) is 21.8. The third-order valence-corrected chi connectivity index (χ3v) is 7.97. The fraction of sp³-hybridized carbons (Fsp3) is 0.129. The highest BCUT2D eigenvalue weighted by atomic mass is 15.0. The largest absolute Gasteiger partial charge is 0.296 e. The Bertz CT molecular complexity index is 1830. The molecule has 2 heterocycles. The molecule has 6 aromatic rings. The summed E-state index contributed by atoms with van der Waals surface area (Å²) in [5.41, 5.74) is 16.2. The van der Waals surface area contributed by atoms with Gasteiger partial charge in [-0.3, -0.25) is 4.40 Å². The molecule has 0 radical (unpaired) electrons. The van der Waals surface area contributed by atoms with Gasteiger partial charge in [0.25, 0.3) is 0 Å². The fourth-order valence-electron chi connectivity index (χ4n) is 6.41. The first-order valence-electron chi connectivity index (χ1n) is 11.8. The van der Waals surface area contributed by atoms with Gasteiger partial charge in [0.15, 0.2) is 0 Å². The highest BCUT2D eigenvalue weighted by Gasteiger charge is 2.31. The van der Waals surface area contributed by atoms with Gasteiger partial charge in [0, 0.05) is 16.5 Å². The van der Waals surface area contributed by atoms with Crippen molar-refractivity contribution in [2.45, 2.75) is 26.7 Å². The van der Waals surface area contributed by atoms with Crippen molar-refractivity contribution in [3.05, 3.63) is 106 Å². The lowest BCUT2D eigenvalue weighted by atomic mass is 9.90. The van der Waals surface area contributed by atoms with Crippen molar-refractivity contribution in [3.63, 3.8) is 0 Å². The van der Waals surface area contributed by atoms with Crippen LogP contribution in [0, 0.1) is 13.8 Å². The molecule has 0 fully saturated rings. The minimum atomic E-state index is 1.00. The van der Waals surface area contributed by atoms with Crippen LogP contribution in [0.4, 0.5) is 0 Å². The van der Waals surface area contributed by atoms with Crippen molar-refractivity contribution in [1.82, 2.24) is 9.38 Å². The molecule has 2 aromatic heterocycles. The Kier molecular flexibility index (Phi) is 3.15. The number of hydrogen-bond acceptors (Lipinski definition) is 1. The van der Waals surface area contributed by atoms with E-state index in [-0.39, 0.29) is 0 Å². The van der Waals surface area contributed by atoms with Gasteiger partial charge >= 0.3 is 0 Å². The quantitative estimate of drug-likeness (QED) is 0.233. The molecular formula is C31H22N2. The Labute approximate surface area is 192 Å². The maximum absolute atomic E-state index is 4.98. The molecule has 156 valence electrons. The van der Waals surface area contributed by atoms with E-state index in [2.05, 4.69) is 91.0 Å². The van der Waals surface area contributed by atoms with Crippen LogP contribution in [0.5, 0.6) is 0 Å². The molecule has 2 nitrogen and oxygen atoms in total. The summed E-state index contributed by atoms with van der Waals surface area (Å²) < 4.78 is 2.38. The Balaban J connectivity index is 1.62. The summed E-state index contributed by atoms with van der Waals surface area (Å²) in [6, 6.07) is 27.2. The molecule has 0 N–H and O–H groups in total. The van der Waals surface area contributed by atoms with Crippen LogP contribution in [0.3, 0.4) is 0 Å². The van der Waals surface area contributed by atoms with Crippen LogP contribution in [0.15, 0.2) is 72.8 Å². The Hall–Kier alpha value is -3.91. The van der Waals surface area contributed by atoms with Gasteiger partial charge in [-0.05, 0) is 82.6 Å². The molecule has 0 bridgehead atoms. The number of benzene rings is 4. The van der Waals surface area contributed by atoms with Crippen molar-refractivity contribution in [1.29, 1.82) is 0 Å². The normalized spacial score (nSPS) is 13.5. The van der Waals surface area contributed by atoms with Crippen molar-refractivity contribution >= 4 is 27.3 Å². The van der Waals surface area contributed by atoms with Gasteiger partial charge in [0.2, 0.25) is 0 Å². The number of pyridine rings is 1. The number of aryl methyl sites for hydroxylation is 2. The minimum Gasteiger partial charge on any atom is -0.296 e. The van der Waals surface area contributed by atoms with E-state index in [1.54, 1.807) is 0 Å². The first-order valence-corrected chi connectivity index (χ1v) is 11.8. The van der Waals surface area contributed by atoms with Crippen molar-refractivity contribution in [2.24, 2.45) is 0 Å². The molecule has 2 heteroatoms. The van der Waals surface area contributed by atoms with Crippen LogP contribution >= 0.6 is 0 Å². The van der Waals surface area contributed by atoms with Gasteiger partial charge in [-0.1, -0.05) is 66.7 Å². The van der Waals surface area contributed by atoms with Gasteiger partial charge in [-0.2, -0.15) is 0 Å². The molecule has 0 unspecified atom stereocenters. The fourth-order valence-corrected chi connectivity index (χ4v) is 6.41. The lowest BCUT2D eigenvalue weighted by Gasteiger charge is -2.16. The Morgan fingerprint density at radius 2 is 1.30 bits per heavy atom. The first kappa shape index (κ1) is 17.6. The minimum absolute atomic E-state index is 1.00. The van der Waals surface area contributed by atoms with Crippen molar-refractivity contribution in [3.8, 4) is 22.3 Å². The van der Waals surface area contributed by atoms with Crippen LogP contribution in [-0.4, -0.2) is 9.38 Å². The van der Waals surface area contributed by atoms with Crippen molar-refractivity contribution < 1.29 is 0 Å². The second-order valence-electron chi connectivity index (χ2n) is 9.63. The van der Waals surface area contributed by atoms with E-state index in [0.717, 1.165) is 24.2 Å². The molecule has 0 atom stereocenters. The van der Waals surface area contributed by atoms with E-state index in [0.29, 0.717) is 0 Å². The van der Waals surface area contributed by atoms with E-state index < -0.39 is 0 Å². The number of fused-ring (bicyclic) bond motifs is 14. The monoisotopic (exact) mass is 422 g/mol. The average Bonchev–Trinajstić information content (AvgIpc) is 3.50. The zero-order valence-electron chi connectivity index (χ0n) is 18.7. The molecule has 4 aromatic carbocycles.